The lowest BCUT2D eigenvalue weighted by atomic mass is 10.2. The van der Waals surface area contributed by atoms with E-state index in [1.165, 1.54) is 18.3 Å². The Hall–Kier alpha value is -1.43. The van der Waals surface area contributed by atoms with Gasteiger partial charge in [0, 0.05) is 6.20 Å². The van der Waals surface area contributed by atoms with Crippen LogP contribution in [0, 0.1) is 6.92 Å². The van der Waals surface area contributed by atoms with Gasteiger partial charge in [0.1, 0.15) is 6.61 Å². The Morgan fingerprint density at radius 1 is 1.21 bits per heavy atom. The van der Waals surface area contributed by atoms with Gasteiger partial charge >= 0.3 is 0 Å². The van der Waals surface area contributed by atoms with Gasteiger partial charge in [0.05, 0.1) is 15.6 Å². The molecule has 100 valence electrons. The molecule has 0 amide bonds. The van der Waals surface area contributed by atoms with Crippen LogP contribution in [0.15, 0.2) is 47.5 Å². The highest BCUT2D eigenvalue weighted by Gasteiger charge is 2.16. The number of benzene rings is 1. The topological polar surface area (TPSA) is 56.3 Å². The van der Waals surface area contributed by atoms with E-state index in [1.54, 1.807) is 24.3 Å². The summed E-state index contributed by atoms with van der Waals surface area (Å²) in [6.07, 6.45) is 1.53. The van der Waals surface area contributed by atoms with Gasteiger partial charge in [0.25, 0.3) is 10.1 Å². The van der Waals surface area contributed by atoms with E-state index in [2.05, 4.69) is 4.98 Å². The molecule has 1 heterocycles. The van der Waals surface area contributed by atoms with E-state index in [4.69, 9.17) is 15.8 Å². The molecule has 0 bridgehead atoms. The molecule has 6 heteroatoms. The van der Waals surface area contributed by atoms with Crippen molar-refractivity contribution in [2.45, 2.75) is 18.4 Å². The van der Waals surface area contributed by atoms with Crippen LogP contribution in [0.1, 0.15) is 11.3 Å². The summed E-state index contributed by atoms with van der Waals surface area (Å²) in [7, 11) is -3.79. The summed E-state index contributed by atoms with van der Waals surface area (Å²) in [6.45, 7) is 1.70. The van der Waals surface area contributed by atoms with Crippen LogP contribution in [-0.4, -0.2) is 13.4 Å². The van der Waals surface area contributed by atoms with E-state index < -0.39 is 10.1 Å². The van der Waals surface area contributed by atoms with Gasteiger partial charge in [0.2, 0.25) is 0 Å². The molecule has 0 aliphatic heterocycles. The summed E-state index contributed by atoms with van der Waals surface area (Å²) in [5, 5.41) is 0.376. The van der Waals surface area contributed by atoms with E-state index in [0.29, 0.717) is 10.7 Å². The third-order valence-corrected chi connectivity index (χ3v) is 4.12. The summed E-state index contributed by atoms with van der Waals surface area (Å²) >= 11 is 5.88. The predicted molar refractivity (Wildman–Crippen MR) is 72.4 cm³/mol. The average molecular weight is 298 g/mol. The average Bonchev–Trinajstić information content (AvgIpc) is 2.38. The number of aryl methyl sites for hydroxylation is 1. The molecule has 2 aromatic rings. The molecule has 19 heavy (non-hydrogen) atoms. The van der Waals surface area contributed by atoms with Crippen LogP contribution in [0.25, 0.3) is 0 Å². The molecule has 0 spiro atoms. The molecule has 1 aromatic carbocycles. The molecule has 0 aliphatic rings. The first-order valence-electron chi connectivity index (χ1n) is 5.54. The fraction of sp³-hybridized carbons (Fsp3) is 0.154. The molecule has 0 saturated carbocycles. The summed E-state index contributed by atoms with van der Waals surface area (Å²) < 4.78 is 28.8. The van der Waals surface area contributed by atoms with Crippen LogP contribution in [0.4, 0.5) is 0 Å². The normalized spacial score (nSPS) is 11.5. The van der Waals surface area contributed by atoms with Crippen LogP contribution in [0.2, 0.25) is 5.02 Å². The van der Waals surface area contributed by atoms with E-state index in [1.807, 2.05) is 6.92 Å². The molecule has 0 unspecified atom stereocenters. The minimum absolute atomic E-state index is 0.116. The Bertz CT molecular complexity index is 669. The Labute approximate surface area is 117 Å². The van der Waals surface area contributed by atoms with Crippen molar-refractivity contribution in [1.29, 1.82) is 0 Å². The quantitative estimate of drug-likeness (QED) is 0.814. The molecular weight excluding hydrogens is 286 g/mol. The monoisotopic (exact) mass is 297 g/mol. The molecule has 0 N–H and O–H groups in total. The van der Waals surface area contributed by atoms with Crippen LogP contribution < -0.4 is 0 Å². The zero-order valence-electron chi connectivity index (χ0n) is 10.2. The van der Waals surface area contributed by atoms with Crippen molar-refractivity contribution < 1.29 is 12.6 Å². The fourth-order valence-electron chi connectivity index (χ4n) is 1.43. The molecule has 2 rings (SSSR count). The number of hydrogen-bond donors (Lipinski definition) is 0. The molecule has 0 aliphatic carbocycles. The highest BCUT2D eigenvalue weighted by Crippen LogP contribution is 2.18. The SMILES string of the molecule is Cc1ccc(S(=O)(=O)OCc2ncccc2Cl)cc1. The second-order valence-electron chi connectivity index (χ2n) is 3.96. The second-order valence-corrected chi connectivity index (χ2v) is 5.98. The van der Waals surface area contributed by atoms with Gasteiger partial charge in [-0.1, -0.05) is 29.3 Å². The first-order chi connectivity index (χ1) is 8.99. The van der Waals surface area contributed by atoms with E-state index in [-0.39, 0.29) is 11.5 Å². The van der Waals surface area contributed by atoms with E-state index in [9.17, 15) is 8.42 Å². The zero-order valence-corrected chi connectivity index (χ0v) is 11.8. The molecule has 1 aromatic heterocycles. The first kappa shape index (κ1) is 14.0. The second kappa shape index (κ2) is 5.69. The number of halogens is 1. The summed E-state index contributed by atoms with van der Waals surface area (Å²) in [5.74, 6) is 0. The standard InChI is InChI=1S/C13H12ClNO3S/c1-10-4-6-11(7-5-10)19(16,17)18-9-13-12(14)3-2-8-15-13/h2-8H,9H2,1H3. The highest BCUT2D eigenvalue weighted by atomic mass is 35.5. The predicted octanol–water partition coefficient (Wildman–Crippen LogP) is 2.95. The van der Waals surface area contributed by atoms with Gasteiger partial charge in [-0.15, -0.1) is 0 Å². The summed E-state index contributed by atoms with van der Waals surface area (Å²) in [5.41, 5.74) is 1.37. The van der Waals surface area contributed by atoms with Crippen LogP contribution in [0.5, 0.6) is 0 Å². The zero-order chi connectivity index (χ0) is 13.9. The molecule has 0 radical (unpaired) electrons. The van der Waals surface area contributed by atoms with Crippen LogP contribution in [-0.2, 0) is 20.9 Å². The third-order valence-electron chi connectivity index (χ3n) is 2.50. The highest BCUT2D eigenvalue weighted by molar-refractivity contribution is 7.86. The molecule has 0 atom stereocenters. The minimum Gasteiger partial charge on any atom is -0.260 e. The minimum atomic E-state index is -3.79. The van der Waals surface area contributed by atoms with Crippen molar-refractivity contribution in [2.75, 3.05) is 0 Å². The first-order valence-corrected chi connectivity index (χ1v) is 7.33. The maximum absolute atomic E-state index is 11.9. The lowest BCUT2D eigenvalue weighted by Gasteiger charge is -2.06. The Morgan fingerprint density at radius 3 is 2.53 bits per heavy atom. The van der Waals surface area contributed by atoms with Crippen molar-refractivity contribution in [3.8, 4) is 0 Å². The Kier molecular flexibility index (Phi) is 4.19. The molecule has 0 saturated heterocycles. The number of pyridine rings is 1. The van der Waals surface area contributed by atoms with Gasteiger partial charge in [-0.25, -0.2) is 0 Å². The van der Waals surface area contributed by atoms with Crippen molar-refractivity contribution in [1.82, 2.24) is 4.98 Å². The van der Waals surface area contributed by atoms with Gasteiger partial charge in [-0.2, -0.15) is 8.42 Å². The number of aromatic nitrogens is 1. The smallest absolute Gasteiger partial charge is 0.260 e. The number of nitrogens with zero attached hydrogens (tertiary/aromatic N) is 1. The Balaban J connectivity index is 2.14. The fourth-order valence-corrected chi connectivity index (χ4v) is 2.48. The number of rotatable bonds is 4. The van der Waals surface area contributed by atoms with Gasteiger partial charge in [-0.05, 0) is 31.2 Å². The molecule has 0 fully saturated rings. The molecular formula is C13H12ClNO3S. The van der Waals surface area contributed by atoms with Crippen molar-refractivity contribution >= 4 is 21.7 Å². The summed E-state index contributed by atoms with van der Waals surface area (Å²) in [4.78, 5) is 4.08. The molecule has 4 nitrogen and oxygen atoms in total. The third kappa shape index (κ3) is 3.53. The Morgan fingerprint density at radius 2 is 1.89 bits per heavy atom. The lowest BCUT2D eigenvalue weighted by molar-refractivity contribution is 0.303. The van der Waals surface area contributed by atoms with Gasteiger partial charge in [0.15, 0.2) is 0 Å². The summed E-state index contributed by atoms with van der Waals surface area (Å²) in [6, 6.07) is 9.73. The maximum atomic E-state index is 11.9. The van der Waals surface area contributed by atoms with Crippen molar-refractivity contribution in [2.24, 2.45) is 0 Å². The van der Waals surface area contributed by atoms with Gasteiger partial charge < -0.3 is 0 Å². The largest absolute Gasteiger partial charge is 0.297 e. The maximum Gasteiger partial charge on any atom is 0.297 e. The lowest BCUT2D eigenvalue weighted by Crippen LogP contribution is -2.07. The van der Waals surface area contributed by atoms with Crippen LogP contribution >= 0.6 is 11.6 Å². The van der Waals surface area contributed by atoms with Crippen molar-refractivity contribution in [3.05, 3.63) is 58.9 Å². The van der Waals surface area contributed by atoms with E-state index >= 15 is 0 Å². The number of hydrogen-bond acceptors (Lipinski definition) is 4. The van der Waals surface area contributed by atoms with Gasteiger partial charge in [-0.3, -0.25) is 9.17 Å². The van der Waals surface area contributed by atoms with Crippen LogP contribution in [0.3, 0.4) is 0 Å². The van der Waals surface area contributed by atoms with Crippen molar-refractivity contribution in [3.63, 3.8) is 0 Å². The van der Waals surface area contributed by atoms with E-state index in [0.717, 1.165) is 5.56 Å².